The topological polar surface area (TPSA) is 114 Å². The summed E-state index contributed by atoms with van der Waals surface area (Å²) in [7, 11) is -2.46. The molecule has 1 aliphatic heterocycles. The number of benzene rings is 2. The van der Waals surface area contributed by atoms with Crippen molar-refractivity contribution in [1.82, 2.24) is 9.62 Å². The van der Waals surface area contributed by atoms with Crippen LogP contribution in [0.3, 0.4) is 0 Å². The molecule has 0 saturated carbocycles. The van der Waals surface area contributed by atoms with Crippen LogP contribution in [0.15, 0.2) is 47.4 Å². The summed E-state index contributed by atoms with van der Waals surface area (Å²) < 4.78 is 38.3. The van der Waals surface area contributed by atoms with Crippen molar-refractivity contribution in [3.8, 4) is 5.75 Å². The number of amides is 2. The van der Waals surface area contributed by atoms with Crippen molar-refractivity contribution in [1.29, 1.82) is 0 Å². The van der Waals surface area contributed by atoms with Crippen LogP contribution in [0.2, 0.25) is 0 Å². The Hall–Kier alpha value is -2.95. The van der Waals surface area contributed by atoms with Gasteiger partial charge in [0.2, 0.25) is 15.9 Å². The van der Waals surface area contributed by atoms with E-state index in [1.54, 1.807) is 18.2 Å². The average molecular weight is 490 g/mol. The summed E-state index contributed by atoms with van der Waals surface area (Å²) in [5, 5.41) is 5.54. The summed E-state index contributed by atoms with van der Waals surface area (Å²) >= 11 is 0. The van der Waals surface area contributed by atoms with E-state index in [1.807, 2.05) is 32.9 Å². The lowest BCUT2D eigenvalue weighted by molar-refractivity contribution is -0.118. The number of rotatable bonds is 8. The van der Waals surface area contributed by atoms with Crippen molar-refractivity contribution in [2.24, 2.45) is 5.92 Å². The molecule has 0 radical (unpaired) electrons. The number of ether oxygens (including phenoxy) is 2. The smallest absolute Gasteiger partial charge is 0.252 e. The van der Waals surface area contributed by atoms with Gasteiger partial charge in [0.25, 0.3) is 5.91 Å². The Labute approximate surface area is 200 Å². The van der Waals surface area contributed by atoms with Crippen molar-refractivity contribution >= 4 is 27.5 Å². The van der Waals surface area contributed by atoms with E-state index < -0.39 is 22.0 Å². The van der Waals surface area contributed by atoms with Gasteiger partial charge in [0.15, 0.2) is 0 Å². The lowest BCUT2D eigenvalue weighted by Crippen LogP contribution is -2.47. The molecule has 0 spiro atoms. The first-order valence-electron chi connectivity index (χ1n) is 11.1. The Balaban J connectivity index is 1.83. The minimum atomic E-state index is -3.85. The minimum Gasteiger partial charge on any atom is -0.495 e. The van der Waals surface area contributed by atoms with Crippen molar-refractivity contribution < 1.29 is 27.5 Å². The first-order chi connectivity index (χ1) is 16.1. The lowest BCUT2D eigenvalue weighted by atomic mass is 10.0. The number of nitrogens with zero attached hydrogens (tertiary/aromatic N) is 1. The molecule has 1 aliphatic rings. The lowest BCUT2D eigenvalue weighted by Gasteiger charge is -2.27. The van der Waals surface area contributed by atoms with Crippen molar-refractivity contribution in [3.05, 3.63) is 53.6 Å². The molecule has 2 aromatic carbocycles. The van der Waals surface area contributed by atoms with Gasteiger partial charge in [-0.25, -0.2) is 8.42 Å². The van der Waals surface area contributed by atoms with E-state index in [1.165, 1.54) is 23.5 Å². The number of morpholine rings is 1. The third kappa shape index (κ3) is 5.75. The largest absolute Gasteiger partial charge is 0.495 e. The minimum absolute atomic E-state index is 0.0419. The van der Waals surface area contributed by atoms with Crippen LogP contribution in [-0.2, 0) is 19.6 Å². The van der Waals surface area contributed by atoms with Crippen LogP contribution in [-0.4, -0.2) is 64.0 Å². The van der Waals surface area contributed by atoms with Crippen LogP contribution in [0.4, 0.5) is 5.69 Å². The Morgan fingerprint density at radius 2 is 1.76 bits per heavy atom. The number of sulfonamides is 1. The fraction of sp³-hybridized carbons (Fsp3) is 0.417. The highest BCUT2D eigenvalue weighted by atomic mass is 32.2. The highest BCUT2D eigenvalue weighted by Gasteiger charge is 2.30. The Bertz CT molecular complexity index is 1140. The molecule has 34 heavy (non-hydrogen) atoms. The van der Waals surface area contributed by atoms with E-state index in [4.69, 9.17) is 9.47 Å². The summed E-state index contributed by atoms with van der Waals surface area (Å²) in [5.41, 5.74) is 1.58. The quantitative estimate of drug-likeness (QED) is 0.589. The molecule has 1 saturated heterocycles. The van der Waals surface area contributed by atoms with Crippen LogP contribution in [0.1, 0.15) is 29.8 Å². The van der Waals surface area contributed by atoms with Gasteiger partial charge in [-0.1, -0.05) is 32.0 Å². The molecule has 184 valence electrons. The molecule has 0 bridgehead atoms. The third-order valence-electron chi connectivity index (χ3n) is 5.64. The van der Waals surface area contributed by atoms with Gasteiger partial charge >= 0.3 is 0 Å². The number of methoxy groups -OCH3 is 1. The first kappa shape index (κ1) is 25.7. The standard InChI is InChI=1S/C24H31N3O6S/c1-16(2)22(26-23(28)19-8-6-5-7-17(19)3)24(29)25-18-9-10-20(32-4)21(15-18)34(30,31)27-11-13-33-14-12-27/h5-10,15-16,22H,11-14H2,1-4H3,(H,25,29)(H,26,28). The molecule has 9 nitrogen and oxygen atoms in total. The average Bonchev–Trinajstić information content (AvgIpc) is 2.82. The Morgan fingerprint density at radius 1 is 1.09 bits per heavy atom. The second kappa shape index (κ2) is 11.0. The van der Waals surface area contributed by atoms with Crippen LogP contribution >= 0.6 is 0 Å². The van der Waals surface area contributed by atoms with Gasteiger partial charge in [0, 0.05) is 24.3 Å². The highest BCUT2D eigenvalue weighted by molar-refractivity contribution is 7.89. The molecule has 2 amide bonds. The summed E-state index contributed by atoms with van der Waals surface area (Å²) in [5.74, 6) is -0.824. The van der Waals surface area contributed by atoms with E-state index in [9.17, 15) is 18.0 Å². The van der Waals surface area contributed by atoms with Gasteiger partial charge in [0.05, 0.1) is 20.3 Å². The first-order valence-corrected chi connectivity index (χ1v) is 12.5. The van der Waals surface area contributed by atoms with E-state index in [0.717, 1.165) is 5.56 Å². The molecule has 0 aliphatic carbocycles. The molecule has 0 aromatic heterocycles. The predicted molar refractivity (Wildman–Crippen MR) is 128 cm³/mol. The molecular formula is C24H31N3O6S. The summed E-state index contributed by atoms with van der Waals surface area (Å²) in [6.07, 6.45) is 0. The summed E-state index contributed by atoms with van der Waals surface area (Å²) in [6, 6.07) is 10.7. The van der Waals surface area contributed by atoms with Gasteiger partial charge in [-0.15, -0.1) is 0 Å². The fourth-order valence-corrected chi connectivity index (χ4v) is 5.27. The molecular weight excluding hydrogens is 458 g/mol. The second-order valence-electron chi connectivity index (χ2n) is 8.38. The zero-order valence-electron chi connectivity index (χ0n) is 19.8. The third-order valence-corrected chi connectivity index (χ3v) is 7.56. The van der Waals surface area contributed by atoms with E-state index in [-0.39, 0.29) is 41.2 Å². The van der Waals surface area contributed by atoms with Crippen LogP contribution in [0.25, 0.3) is 0 Å². The zero-order valence-corrected chi connectivity index (χ0v) is 20.6. The van der Waals surface area contributed by atoms with Gasteiger partial charge in [-0.05, 0) is 42.7 Å². The molecule has 1 atom stereocenters. The Morgan fingerprint density at radius 3 is 2.38 bits per heavy atom. The molecule has 2 N–H and O–H groups in total. The predicted octanol–water partition coefficient (Wildman–Crippen LogP) is 2.42. The van der Waals surface area contributed by atoms with E-state index in [2.05, 4.69) is 10.6 Å². The number of aryl methyl sites for hydroxylation is 1. The Kier molecular flexibility index (Phi) is 8.29. The van der Waals surface area contributed by atoms with Gasteiger partial charge in [-0.2, -0.15) is 4.31 Å². The summed E-state index contributed by atoms with van der Waals surface area (Å²) in [4.78, 5) is 25.8. The highest BCUT2D eigenvalue weighted by Crippen LogP contribution is 2.30. The van der Waals surface area contributed by atoms with Gasteiger partial charge < -0.3 is 20.1 Å². The monoisotopic (exact) mass is 489 g/mol. The molecule has 10 heteroatoms. The zero-order chi connectivity index (χ0) is 24.9. The SMILES string of the molecule is COc1ccc(NC(=O)C(NC(=O)c2ccccc2C)C(C)C)cc1S(=O)(=O)N1CCOCC1. The molecule has 1 heterocycles. The number of carbonyl (C=O) groups is 2. The number of hydrogen-bond donors (Lipinski definition) is 2. The van der Waals surface area contributed by atoms with Crippen LogP contribution in [0, 0.1) is 12.8 Å². The van der Waals surface area contributed by atoms with Gasteiger partial charge in [-0.3, -0.25) is 9.59 Å². The van der Waals surface area contributed by atoms with Crippen LogP contribution in [0.5, 0.6) is 5.75 Å². The van der Waals surface area contributed by atoms with Crippen molar-refractivity contribution in [2.75, 3.05) is 38.7 Å². The van der Waals surface area contributed by atoms with Crippen molar-refractivity contribution in [3.63, 3.8) is 0 Å². The fourth-order valence-electron chi connectivity index (χ4n) is 3.68. The normalized spacial score (nSPS) is 15.6. The second-order valence-corrected chi connectivity index (χ2v) is 10.3. The van der Waals surface area contributed by atoms with Gasteiger partial charge in [0.1, 0.15) is 16.7 Å². The van der Waals surface area contributed by atoms with Crippen molar-refractivity contribution in [2.45, 2.75) is 31.7 Å². The maximum absolute atomic E-state index is 13.2. The molecule has 3 rings (SSSR count). The van der Waals surface area contributed by atoms with E-state index >= 15 is 0 Å². The molecule has 2 aromatic rings. The maximum Gasteiger partial charge on any atom is 0.252 e. The summed E-state index contributed by atoms with van der Waals surface area (Å²) in [6.45, 7) is 6.58. The molecule has 1 unspecified atom stereocenters. The maximum atomic E-state index is 13.2. The number of anilines is 1. The number of hydrogen-bond acceptors (Lipinski definition) is 6. The number of carbonyl (C=O) groups excluding carboxylic acids is 2. The van der Waals surface area contributed by atoms with Crippen LogP contribution < -0.4 is 15.4 Å². The van der Waals surface area contributed by atoms with E-state index in [0.29, 0.717) is 18.8 Å². The molecule has 1 fully saturated rings. The number of nitrogens with one attached hydrogen (secondary N) is 2.